The Bertz CT molecular complexity index is 1040. The first-order chi connectivity index (χ1) is 12.9. The summed E-state index contributed by atoms with van der Waals surface area (Å²) in [6.07, 6.45) is 4.58. The lowest BCUT2D eigenvalue weighted by atomic mass is 10.2. The van der Waals surface area contributed by atoms with Crippen LogP contribution < -0.4 is 10.0 Å². The Morgan fingerprint density at radius 1 is 1.07 bits per heavy atom. The van der Waals surface area contributed by atoms with Crippen LogP contribution in [0.2, 0.25) is 0 Å². The average molecular weight is 386 g/mol. The van der Waals surface area contributed by atoms with Gasteiger partial charge < -0.3 is 5.32 Å². The van der Waals surface area contributed by atoms with E-state index in [1.807, 2.05) is 6.07 Å². The van der Waals surface area contributed by atoms with Gasteiger partial charge in [0.25, 0.3) is 15.9 Å². The molecule has 0 saturated heterocycles. The van der Waals surface area contributed by atoms with Crippen molar-refractivity contribution in [3.63, 3.8) is 0 Å². The number of hydrogen-bond donors (Lipinski definition) is 2. The maximum absolute atomic E-state index is 13.0. The largest absolute Gasteiger partial charge is 0.347 e. The van der Waals surface area contributed by atoms with Crippen LogP contribution in [0.3, 0.4) is 0 Å². The van der Waals surface area contributed by atoms with Crippen molar-refractivity contribution in [1.82, 2.24) is 15.3 Å². The fourth-order valence-corrected chi connectivity index (χ4v) is 3.27. The van der Waals surface area contributed by atoms with Gasteiger partial charge in [0.05, 0.1) is 10.6 Å². The molecule has 7 nitrogen and oxygen atoms in total. The van der Waals surface area contributed by atoms with Gasteiger partial charge in [-0.15, -0.1) is 0 Å². The molecule has 27 heavy (non-hydrogen) atoms. The topological polar surface area (TPSA) is 101 Å². The second-order valence-corrected chi connectivity index (χ2v) is 7.22. The van der Waals surface area contributed by atoms with Gasteiger partial charge in [-0.1, -0.05) is 6.07 Å². The fraction of sp³-hybridized carbons (Fsp3) is 0.0556. The van der Waals surface area contributed by atoms with E-state index in [4.69, 9.17) is 0 Å². The van der Waals surface area contributed by atoms with Crippen LogP contribution in [0.5, 0.6) is 0 Å². The van der Waals surface area contributed by atoms with Crippen LogP contribution in [0, 0.1) is 5.82 Å². The van der Waals surface area contributed by atoms with Gasteiger partial charge in [-0.3, -0.25) is 19.5 Å². The number of hydrogen-bond acceptors (Lipinski definition) is 5. The number of anilines is 1. The van der Waals surface area contributed by atoms with Crippen molar-refractivity contribution in [3.8, 4) is 0 Å². The number of aromatic nitrogens is 2. The molecule has 0 radical (unpaired) electrons. The summed E-state index contributed by atoms with van der Waals surface area (Å²) < 4.78 is 40.0. The van der Waals surface area contributed by atoms with Crippen molar-refractivity contribution in [2.45, 2.75) is 11.4 Å². The van der Waals surface area contributed by atoms with E-state index in [2.05, 4.69) is 20.0 Å². The molecule has 2 heterocycles. The first-order valence-corrected chi connectivity index (χ1v) is 9.34. The minimum absolute atomic E-state index is 0.0539. The van der Waals surface area contributed by atoms with Crippen LogP contribution in [0.1, 0.15) is 16.1 Å². The maximum atomic E-state index is 13.0. The first-order valence-electron chi connectivity index (χ1n) is 7.85. The Balaban J connectivity index is 1.71. The lowest BCUT2D eigenvalue weighted by Crippen LogP contribution is -2.24. The van der Waals surface area contributed by atoms with Gasteiger partial charge in [-0.05, 0) is 48.0 Å². The molecule has 2 aromatic heterocycles. The zero-order valence-electron chi connectivity index (χ0n) is 14.0. The summed E-state index contributed by atoms with van der Waals surface area (Å²) in [4.78, 5) is 20.0. The third kappa shape index (κ3) is 4.85. The molecular weight excluding hydrogens is 371 g/mol. The number of carbonyl (C=O) groups excluding carboxylic acids is 1. The number of halogens is 1. The summed E-state index contributed by atoms with van der Waals surface area (Å²) in [7, 11) is -3.91. The number of carbonyl (C=O) groups is 1. The van der Waals surface area contributed by atoms with E-state index in [9.17, 15) is 17.6 Å². The van der Waals surface area contributed by atoms with E-state index in [-0.39, 0.29) is 22.8 Å². The number of nitrogens with zero attached hydrogens (tertiary/aromatic N) is 2. The lowest BCUT2D eigenvalue weighted by Gasteiger charge is -2.09. The van der Waals surface area contributed by atoms with Gasteiger partial charge in [0, 0.05) is 25.1 Å². The molecule has 0 aliphatic carbocycles. The molecule has 0 aliphatic heterocycles. The van der Waals surface area contributed by atoms with Crippen molar-refractivity contribution in [2.75, 3.05) is 4.72 Å². The van der Waals surface area contributed by atoms with Crippen LogP contribution in [0.15, 0.2) is 72.0 Å². The van der Waals surface area contributed by atoms with Crippen molar-refractivity contribution in [3.05, 3.63) is 84.2 Å². The van der Waals surface area contributed by atoms with Crippen molar-refractivity contribution < 1.29 is 17.6 Å². The zero-order chi connectivity index (χ0) is 19.3. The maximum Gasteiger partial charge on any atom is 0.270 e. The van der Waals surface area contributed by atoms with Crippen molar-refractivity contribution >= 4 is 21.6 Å². The third-order valence-corrected chi connectivity index (χ3v) is 4.94. The number of pyridine rings is 2. The smallest absolute Gasteiger partial charge is 0.270 e. The summed E-state index contributed by atoms with van der Waals surface area (Å²) >= 11 is 0. The van der Waals surface area contributed by atoms with Crippen molar-refractivity contribution in [2.24, 2.45) is 0 Å². The van der Waals surface area contributed by atoms with Crippen molar-refractivity contribution in [1.29, 1.82) is 0 Å². The molecule has 1 amide bonds. The monoisotopic (exact) mass is 386 g/mol. The van der Waals surface area contributed by atoms with Crippen LogP contribution in [0.25, 0.3) is 0 Å². The quantitative estimate of drug-likeness (QED) is 0.677. The Kier molecular flexibility index (Phi) is 5.41. The van der Waals surface area contributed by atoms with Gasteiger partial charge in [-0.2, -0.15) is 0 Å². The van der Waals surface area contributed by atoms with E-state index in [0.29, 0.717) is 0 Å². The van der Waals surface area contributed by atoms with Crippen LogP contribution in [0.4, 0.5) is 10.1 Å². The standard InChI is InChI=1S/C18H15FN4O3S/c19-14-3-5-16(6-4-14)27(25,26)23-15-7-9-21-17(10-15)18(24)22-12-13-2-1-8-20-11-13/h1-11H,12H2,(H,21,23)(H,22,24). The molecular formula is C18H15FN4O3S. The number of nitrogens with one attached hydrogen (secondary N) is 2. The molecule has 9 heteroatoms. The second-order valence-electron chi connectivity index (χ2n) is 5.53. The zero-order valence-corrected chi connectivity index (χ0v) is 14.8. The van der Waals surface area contributed by atoms with Gasteiger partial charge >= 0.3 is 0 Å². The summed E-state index contributed by atoms with van der Waals surface area (Å²) in [5, 5.41) is 2.68. The molecule has 0 aliphatic rings. The molecule has 0 bridgehead atoms. The predicted octanol–water partition coefficient (Wildman–Crippen LogP) is 2.35. The third-order valence-electron chi connectivity index (χ3n) is 3.54. The number of sulfonamides is 1. The number of benzene rings is 1. The Morgan fingerprint density at radius 3 is 2.56 bits per heavy atom. The molecule has 138 valence electrons. The molecule has 0 saturated carbocycles. The highest BCUT2D eigenvalue weighted by atomic mass is 32.2. The summed E-state index contributed by atoms with van der Waals surface area (Å²) in [5.41, 5.74) is 1.04. The highest BCUT2D eigenvalue weighted by Gasteiger charge is 2.15. The minimum atomic E-state index is -3.91. The van der Waals surface area contributed by atoms with Crippen LogP contribution in [-0.4, -0.2) is 24.3 Å². The molecule has 0 fully saturated rings. The molecule has 0 spiro atoms. The van der Waals surface area contributed by atoms with Crippen LogP contribution >= 0.6 is 0 Å². The lowest BCUT2D eigenvalue weighted by molar-refractivity contribution is 0.0946. The fourth-order valence-electron chi connectivity index (χ4n) is 2.22. The number of amides is 1. The van der Waals surface area contributed by atoms with E-state index in [0.717, 1.165) is 29.8 Å². The number of rotatable bonds is 6. The second kappa shape index (κ2) is 7.92. The van der Waals surface area contributed by atoms with E-state index >= 15 is 0 Å². The minimum Gasteiger partial charge on any atom is -0.347 e. The summed E-state index contributed by atoms with van der Waals surface area (Å²) in [6.45, 7) is 0.264. The Labute approximate surface area is 155 Å². The van der Waals surface area contributed by atoms with Gasteiger partial charge in [-0.25, -0.2) is 12.8 Å². The highest BCUT2D eigenvalue weighted by molar-refractivity contribution is 7.92. The van der Waals surface area contributed by atoms with Gasteiger partial charge in [0.2, 0.25) is 0 Å². The molecule has 3 aromatic rings. The molecule has 0 unspecified atom stereocenters. The molecule has 0 atom stereocenters. The first kappa shape index (κ1) is 18.5. The summed E-state index contributed by atoms with van der Waals surface area (Å²) in [6, 6.07) is 10.7. The molecule has 2 N–H and O–H groups in total. The summed E-state index contributed by atoms with van der Waals surface area (Å²) in [5.74, 6) is -0.993. The van der Waals surface area contributed by atoms with Gasteiger partial charge in [0.15, 0.2) is 0 Å². The Hall–Kier alpha value is -3.33. The molecule has 1 aromatic carbocycles. The average Bonchev–Trinajstić information content (AvgIpc) is 2.67. The highest BCUT2D eigenvalue weighted by Crippen LogP contribution is 2.16. The van der Waals surface area contributed by atoms with Crippen LogP contribution in [-0.2, 0) is 16.6 Å². The van der Waals surface area contributed by atoms with E-state index < -0.39 is 21.7 Å². The Morgan fingerprint density at radius 2 is 1.85 bits per heavy atom. The SMILES string of the molecule is O=C(NCc1cccnc1)c1cc(NS(=O)(=O)c2ccc(F)cc2)ccn1. The van der Waals surface area contributed by atoms with E-state index in [1.165, 1.54) is 18.3 Å². The van der Waals surface area contributed by atoms with E-state index in [1.54, 1.807) is 18.5 Å². The van der Waals surface area contributed by atoms with Gasteiger partial charge in [0.1, 0.15) is 11.5 Å². The normalized spacial score (nSPS) is 11.0. The predicted molar refractivity (Wildman–Crippen MR) is 96.9 cm³/mol. The molecule has 3 rings (SSSR count).